The van der Waals surface area contributed by atoms with Crippen molar-refractivity contribution in [3.05, 3.63) is 30.6 Å². The molecule has 0 bridgehead atoms. The Kier molecular flexibility index (Phi) is 2.89. The summed E-state index contributed by atoms with van der Waals surface area (Å²) in [5.41, 5.74) is 4.12. The van der Waals surface area contributed by atoms with Crippen molar-refractivity contribution in [1.29, 1.82) is 0 Å². The molecule has 0 aliphatic rings. The molecule has 14 heavy (non-hydrogen) atoms. The summed E-state index contributed by atoms with van der Waals surface area (Å²) < 4.78 is 1.90. The highest BCUT2D eigenvalue weighted by Gasteiger charge is 1.99. The van der Waals surface area contributed by atoms with Crippen LogP contribution in [0.2, 0.25) is 0 Å². The maximum atomic E-state index is 5.59. The van der Waals surface area contributed by atoms with Crippen LogP contribution in [0.4, 0.5) is 0 Å². The molecule has 2 heterocycles. The van der Waals surface area contributed by atoms with Gasteiger partial charge in [-0.15, -0.1) is 11.6 Å². The largest absolute Gasteiger partial charge is 0.324 e. The van der Waals surface area contributed by atoms with E-state index in [9.17, 15) is 0 Å². The summed E-state index contributed by atoms with van der Waals surface area (Å²) in [7, 11) is 0. The fourth-order valence-corrected chi connectivity index (χ4v) is 1.43. The minimum absolute atomic E-state index is 0.672. The summed E-state index contributed by atoms with van der Waals surface area (Å²) in [5.74, 6) is 0.672. The second-order valence-electron chi connectivity index (χ2n) is 2.96. The summed E-state index contributed by atoms with van der Waals surface area (Å²) in [4.78, 5) is 4.26. The van der Waals surface area contributed by atoms with Crippen molar-refractivity contribution in [3.8, 4) is 0 Å². The van der Waals surface area contributed by atoms with Gasteiger partial charge in [0.15, 0.2) is 5.65 Å². The average molecular weight is 209 g/mol. The number of aromatic nitrogens is 2. The normalized spacial score (nSPS) is 10.6. The smallest absolute Gasteiger partial charge is 0.158 e. The van der Waals surface area contributed by atoms with Crippen LogP contribution in [0.5, 0.6) is 0 Å². The summed E-state index contributed by atoms with van der Waals surface area (Å²) in [6, 6.07) is 6.91. The van der Waals surface area contributed by atoms with Crippen molar-refractivity contribution >= 4 is 22.6 Å². The monoisotopic (exact) mass is 208 g/mol. The summed E-state index contributed by atoms with van der Waals surface area (Å²) >= 11 is 5.59. The SMILES string of the molecule is ClCCCNn1ccc2[c]ccnc21. The molecule has 3 nitrogen and oxygen atoms in total. The van der Waals surface area contributed by atoms with Gasteiger partial charge in [-0.2, -0.15) is 0 Å². The highest BCUT2D eigenvalue weighted by Crippen LogP contribution is 2.09. The topological polar surface area (TPSA) is 29.9 Å². The van der Waals surface area contributed by atoms with Gasteiger partial charge in [0, 0.05) is 30.2 Å². The highest BCUT2D eigenvalue weighted by molar-refractivity contribution is 6.17. The molecular weight excluding hydrogens is 198 g/mol. The lowest BCUT2D eigenvalue weighted by Gasteiger charge is -2.06. The van der Waals surface area contributed by atoms with Gasteiger partial charge in [0.05, 0.1) is 0 Å². The van der Waals surface area contributed by atoms with Crippen LogP contribution in [0.1, 0.15) is 6.42 Å². The van der Waals surface area contributed by atoms with E-state index < -0.39 is 0 Å². The molecule has 0 aromatic carbocycles. The van der Waals surface area contributed by atoms with Crippen molar-refractivity contribution in [2.75, 3.05) is 17.9 Å². The second kappa shape index (κ2) is 4.33. The Morgan fingerprint density at radius 3 is 3.36 bits per heavy atom. The molecule has 0 saturated carbocycles. The third-order valence-electron chi connectivity index (χ3n) is 1.96. The summed E-state index contributed by atoms with van der Waals surface area (Å²) in [6.45, 7) is 0.851. The van der Waals surface area contributed by atoms with Gasteiger partial charge >= 0.3 is 0 Å². The average Bonchev–Trinajstić information content (AvgIpc) is 2.63. The molecule has 2 rings (SSSR count). The van der Waals surface area contributed by atoms with Crippen LogP contribution in [0.15, 0.2) is 24.5 Å². The molecule has 4 heteroatoms. The zero-order valence-electron chi connectivity index (χ0n) is 7.70. The maximum Gasteiger partial charge on any atom is 0.158 e. The molecule has 0 spiro atoms. The van der Waals surface area contributed by atoms with Crippen molar-refractivity contribution in [1.82, 2.24) is 9.66 Å². The first kappa shape index (κ1) is 9.34. The third kappa shape index (κ3) is 1.82. The minimum atomic E-state index is 0.672. The molecule has 0 aliphatic carbocycles. The number of alkyl halides is 1. The molecule has 73 valence electrons. The zero-order valence-corrected chi connectivity index (χ0v) is 8.46. The minimum Gasteiger partial charge on any atom is -0.324 e. The first-order valence-electron chi connectivity index (χ1n) is 4.55. The van der Waals surface area contributed by atoms with E-state index in [4.69, 9.17) is 11.6 Å². The first-order chi connectivity index (χ1) is 6.92. The van der Waals surface area contributed by atoms with Crippen LogP contribution in [0.25, 0.3) is 11.0 Å². The molecule has 2 aromatic rings. The van der Waals surface area contributed by atoms with E-state index in [-0.39, 0.29) is 0 Å². The van der Waals surface area contributed by atoms with Crippen LogP contribution in [0.3, 0.4) is 0 Å². The molecule has 0 atom stereocenters. The van der Waals surface area contributed by atoms with E-state index in [1.165, 1.54) is 0 Å². The van der Waals surface area contributed by atoms with Gasteiger partial charge in [-0.25, -0.2) is 9.66 Å². The zero-order chi connectivity index (χ0) is 9.80. The van der Waals surface area contributed by atoms with Crippen LogP contribution in [-0.2, 0) is 0 Å². The fourth-order valence-electron chi connectivity index (χ4n) is 1.30. The molecule has 2 aromatic heterocycles. The standard InChI is InChI=1S/C10H11ClN3/c11-5-2-7-13-14-8-4-9-3-1-6-12-10(9)14/h1,4,6,8,13H,2,5,7H2. The fraction of sp³-hybridized carbons (Fsp3) is 0.300. The van der Waals surface area contributed by atoms with Gasteiger partial charge in [-0.3, -0.25) is 0 Å². The lowest BCUT2D eigenvalue weighted by atomic mass is 10.3. The molecular formula is C10H11ClN3. The Morgan fingerprint density at radius 1 is 1.57 bits per heavy atom. The number of rotatable bonds is 4. The van der Waals surface area contributed by atoms with Gasteiger partial charge in [0.25, 0.3) is 0 Å². The van der Waals surface area contributed by atoms with Gasteiger partial charge in [0.2, 0.25) is 0 Å². The maximum absolute atomic E-state index is 5.59. The summed E-state index contributed by atoms with van der Waals surface area (Å²) in [5, 5.41) is 1.02. The van der Waals surface area contributed by atoms with Gasteiger partial charge < -0.3 is 5.43 Å². The number of pyridine rings is 1. The van der Waals surface area contributed by atoms with Crippen molar-refractivity contribution in [2.24, 2.45) is 0 Å². The quantitative estimate of drug-likeness (QED) is 0.616. The van der Waals surface area contributed by atoms with E-state index in [0.717, 1.165) is 24.0 Å². The lowest BCUT2D eigenvalue weighted by Crippen LogP contribution is -2.15. The molecule has 0 fully saturated rings. The Balaban J connectivity index is 2.17. The van der Waals surface area contributed by atoms with E-state index in [1.807, 2.05) is 23.0 Å². The predicted molar refractivity (Wildman–Crippen MR) is 58.1 cm³/mol. The molecule has 1 radical (unpaired) electrons. The van der Waals surface area contributed by atoms with Crippen LogP contribution in [-0.4, -0.2) is 22.1 Å². The van der Waals surface area contributed by atoms with Gasteiger partial charge in [0.1, 0.15) is 0 Å². The number of nitrogens with zero attached hydrogens (tertiary/aromatic N) is 2. The molecule has 1 N–H and O–H groups in total. The molecule has 0 amide bonds. The number of hydrogen-bond donors (Lipinski definition) is 1. The van der Waals surface area contributed by atoms with Crippen molar-refractivity contribution < 1.29 is 0 Å². The number of nitrogens with one attached hydrogen (secondary N) is 1. The molecule has 0 unspecified atom stereocenters. The van der Waals surface area contributed by atoms with Crippen LogP contribution in [0, 0.1) is 6.07 Å². The van der Waals surface area contributed by atoms with E-state index >= 15 is 0 Å². The van der Waals surface area contributed by atoms with E-state index in [1.54, 1.807) is 6.20 Å². The van der Waals surface area contributed by atoms with Crippen LogP contribution < -0.4 is 5.43 Å². The highest BCUT2D eigenvalue weighted by atomic mass is 35.5. The number of halogens is 1. The Bertz CT molecular complexity index is 410. The van der Waals surface area contributed by atoms with Crippen LogP contribution >= 0.6 is 11.6 Å². The predicted octanol–water partition coefficient (Wildman–Crippen LogP) is 2.01. The lowest BCUT2D eigenvalue weighted by molar-refractivity contribution is 0.828. The van der Waals surface area contributed by atoms with Gasteiger partial charge in [-0.1, -0.05) is 0 Å². The number of fused-ring (bicyclic) bond motifs is 1. The Labute approximate surface area is 87.7 Å². The van der Waals surface area contributed by atoms with Crippen molar-refractivity contribution in [2.45, 2.75) is 6.42 Å². The van der Waals surface area contributed by atoms with E-state index in [0.29, 0.717) is 5.88 Å². The molecule has 0 saturated heterocycles. The Morgan fingerprint density at radius 2 is 2.50 bits per heavy atom. The third-order valence-corrected chi connectivity index (χ3v) is 2.23. The summed E-state index contributed by atoms with van der Waals surface area (Å²) in [6.07, 6.45) is 4.63. The number of hydrogen-bond acceptors (Lipinski definition) is 2. The van der Waals surface area contributed by atoms with Gasteiger partial charge in [-0.05, 0) is 24.6 Å². The Hall–Kier alpha value is -1.22. The first-order valence-corrected chi connectivity index (χ1v) is 5.09. The second-order valence-corrected chi connectivity index (χ2v) is 3.34. The van der Waals surface area contributed by atoms with E-state index in [2.05, 4.69) is 16.5 Å². The van der Waals surface area contributed by atoms with Crippen molar-refractivity contribution in [3.63, 3.8) is 0 Å². The molecule has 0 aliphatic heterocycles.